The number of nitrogens with one attached hydrogen (secondary N) is 1. The molecule has 1 aliphatic carbocycles. The third-order valence-electron chi connectivity index (χ3n) is 3.18. The lowest BCUT2D eigenvalue weighted by Crippen LogP contribution is -2.53. The highest BCUT2D eigenvalue weighted by Gasteiger charge is 2.37. The van der Waals surface area contributed by atoms with Crippen molar-refractivity contribution in [3.05, 3.63) is 15.6 Å². The largest absolute Gasteiger partial charge is 0.434 e. The number of hydrogen-bond donors (Lipinski definition) is 2. The molecule has 1 fully saturated rings. The molecule has 0 radical (unpaired) electrons. The van der Waals surface area contributed by atoms with Gasteiger partial charge in [-0.05, 0) is 26.2 Å². The van der Waals surface area contributed by atoms with Crippen molar-refractivity contribution in [3.63, 3.8) is 0 Å². The first kappa shape index (κ1) is 16.7. The maximum atomic E-state index is 12.7. The van der Waals surface area contributed by atoms with Crippen molar-refractivity contribution in [2.24, 2.45) is 5.73 Å². The van der Waals surface area contributed by atoms with Crippen molar-refractivity contribution in [3.8, 4) is 0 Å². The lowest BCUT2D eigenvalue weighted by atomic mass is 9.78. The number of alkyl halides is 3. The van der Waals surface area contributed by atoms with E-state index in [0.717, 1.165) is 30.6 Å². The second kappa shape index (κ2) is 5.95. The molecule has 1 aliphatic rings. The summed E-state index contributed by atoms with van der Waals surface area (Å²) in [5.41, 5.74) is 5.01. The van der Waals surface area contributed by atoms with E-state index in [1.807, 2.05) is 0 Å². The molecule has 0 atom stereocenters. The molecule has 0 bridgehead atoms. The molecule has 0 saturated heterocycles. The van der Waals surface area contributed by atoms with Crippen LogP contribution in [0.4, 0.5) is 13.2 Å². The molecule has 3 N–H and O–H groups in total. The molecular formula is C11H17ClF3N3S. The Morgan fingerprint density at radius 2 is 2.05 bits per heavy atom. The van der Waals surface area contributed by atoms with E-state index >= 15 is 0 Å². The topological polar surface area (TPSA) is 50.9 Å². The second-order valence-corrected chi connectivity index (χ2v) is 6.11. The Labute approximate surface area is 120 Å². The van der Waals surface area contributed by atoms with Crippen molar-refractivity contribution in [2.75, 3.05) is 6.54 Å². The Hall–Kier alpha value is -0.370. The molecule has 0 aliphatic heterocycles. The predicted octanol–water partition coefficient (Wildman–Crippen LogP) is 2.86. The van der Waals surface area contributed by atoms with Crippen LogP contribution in [0.2, 0.25) is 0 Å². The first-order chi connectivity index (χ1) is 8.30. The molecule has 0 amide bonds. The highest BCUT2D eigenvalue weighted by molar-refractivity contribution is 7.11. The smallest absolute Gasteiger partial charge is 0.324 e. The fourth-order valence-corrected chi connectivity index (χ4v) is 2.97. The molecule has 8 heteroatoms. The molecule has 19 heavy (non-hydrogen) atoms. The number of hydrogen-bond acceptors (Lipinski definition) is 4. The van der Waals surface area contributed by atoms with E-state index in [1.54, 1.807) is 6.92 Å². The number of nitrogens with two attached hydrogens (primary N) is 1. The summed E-state index contributed by atoms with van der Waals surface area (Å²) in [5.74, 6) is 0. The number of nitrogens with zero attached hydrogens (tertiary/aromatic N) is 1. The number of thiazole rings is 1. The molecule has 1 heterocycles. The number of aromatic nitrogens is 1. The molecule has 1 aromatic heterocycles. The third-order valence-corrected chi connectivity index (χ3v) is 4.16. The minimum atomic E-state index is -4.38. The van der Waals surface area contributed by atoms with Gasteiger partial charge in [0.25, 0.3) is 0 Å². The van der Waals surface area contributed by atoms with Gasteiger partial charge in [0.15, 0.2) is 5.69 Å². The molecule has 0 unspecified atom stereocenters. The summed E-state index contributed by atoms with van der Waals surface area (Å²) in [5, 5.41) is 3.45. The molecule has 0 aromatic carbocycles. The maximum absolute atomic E-state index is 12.7. The zero-order valence-corrected chi connectivity index (χ0v) is 12.1. The van der Waals surface area contributed by atoms with Gasteiger partial charge in [-0.1, -0.05) is 0 Å². The maximum Gasteiger partial charge on any atom is 0.434 e. The van der Waals surface area contributed by atoms with Crippen molar-refractivity contribution < 1.29 is 13.2 Å². The van der Waals surface area contributed by atoms with Crippen molar-refractivity contribution in [2.45, 2.75) is 44.4 Å². The Bertz CT molecular complexity index is 429. The monoisotopic (exact) mass is 315 g/mol. The van der Waals surface area contributed by atoms with Crippen molar-refractivity contribution in [1.82, 2.24) is 10.3 Å². The first-order valence-electron chi connectivity index (χ1n) is 5.83. The van der Waals surface area contributed by atoms with Crippen LogP contribution >= 0.6 is 23.7 Å². The van der Waals surface area contributed by atoms with Gasteiger partial charge in [-0.3, -0.25) is 0 Å². The van der Waals surface area contributed by atoms with Crippen molar-refractivity contribution >= 4 is 23.7 Å². The van der Waals surface area contributed by atoms with Gasteiger partial charge in [0.2, 0.25) is 0 Å². The highest BCUT2D eigenvalue weighted by atomic mass is 35.5. The third kappa shape index (κ3) is 4.05. The summed E-state index contributed by atoms with van der Waals surface area (Å²) in [6.45, 7) is 2.32. The lowest BCUT2D eigenvalue weighted by Gasteiger charge is -2.38. The zero-order chi connectivity index (χ0) is 13.4. The summed E-state index contributed by atoms with van der Waals surface area (Å²) in [7, 11) is 0. The average Bonchev–Trinajstić information content (AvgIpc) is 2.57. The van der Waals surface area contributed by atoms with Gasteiger partial charge in [0.05, 0.1) is 9.88 Å². The van der Waals surface area contributed by atoms with Gasteiger partial charge in [0.1, 0.15) is 0 Å². The van der Waals surface area contributed by atoms with E-state index in [-0.39, 0.29) is 29.4 Å². The Kier molecular flexibility index (Phi) is 5.22. The van der Waals surface area contributed by atoms with E-state index in [9.17, 15) is 13.2 Å². The van der Waals surface area contributed by atoms with Gasteiger partial charge >= 0.3 is 6.18 Å². The van der Waals surface area contributed by atoms with Crippen LogP contribution in [0.1, 0.15) is 34.8 Å². The summed E-state index contributed by atoms with van der Waals surface area (Å²) >= 11 is 1.08. The van der Waals surface area contributed by atoms with Crippen LogP contribution in [0.5, 0.6) is 0 Å². The predicted molar refractivity (Wildman–Crippen MR) is 71.6 cm³/mol. The summed E-state index contributed by atoms with van der Waals surface area (Å²) in [6, 6.07) is 0. The van der Waals surface area contributed by atoms with E-state index < -0.39 is 11.9 Å². The van der Waals surface area contributed by atoms with Gasteiger partial charge in [0, 0.05) is 18.6 Å². The fraction of sp³-hybridized carbons (Fsp3) is 0.727. The van der Waals surface area contributed by atoms with Crippen LogP contribution in [0.25, 0.3) is 0 Å². The second-order valence-electron chi connectivity index (χ2n) is 4.82. The van der Waals surface area contributed by atoms with E-state index in [1.165, 1.54) is 0 Å². The molecule has 3 nitrogen and oxygen atoms in total. The Morgan fingerprint density at radius 3 is 2.53 bits per heavy atom. The molecule has 110 valence electrons. The van der Waals surface area contributed by atoms with E-state index in [2.05, 4.69) is 10.3 Å². The standard InChI is InChI=1S/C11H16F3N3S.ClH/c1-7-17-9(11(12,13)14)8(18-7)5-16-6-10(15)3-2-4-10;/h16H,2-6,15H2,1H3;1H. The van der Waals surface area contributed by atoms with E-state index in [0.29, 0.717) is 11.6 Å². The molecule has 2 rings (SSSR count). The van der Waals surface area contributed by atoms with Crippen LogP contribution in [-0.2, 0) is 12.7 Å². The zero-order valence-electron chi connectivity index (χ0n) is 10.5. The lowest BCUT2D eigenvalue weighted by molar-refractivity contribution is -0.141. The minimum Gasteiger partial charge on any atom is -0.324 e. The molecule has 1 aromatic rings. The normalized spacial score (nSPS) is 17.7. The van der Waals surface area contributed by atoms with Gasteiger partial charge in [-0.25, -0.2) is 4.98 Å². The molecule has 0 spiro atoms. The van der Waals surface area contributed by atoms with Gasteiger partial charge in [-0.15, -0.1) is 23.7 Å². The number of aryl methyl sites for hydroxylation is 1. The Balaban J connectivity index is 0.00000180. The van der Waals surface area contributed by atoms with Crippen LogP contribution < -0.4 is 11.1 Å². The van der Waals surface area contributed by atoms with E-state index in [4.69, 9.17) is 5.73 Å². The van der Waals surface area contributed by atoms with Crippen LogP contribution in [0.15, 0.2) is 0 Å². The van der Waals surface area contributed by atoms with Crippen LogP contribution in [0.3, 0.4) is 0 Å². The van der Waals surface area contributed by atoms with Crippen LogP contribution in [-0.4, -0.2) is 17.1 Å². The highest BCUT2D eigenvalue weighted by Crippen LogP contribution is 2.34. The minimum absolute atomic E-state index is 0. The average molecular weight is 316 g/mol. The van der Waals surface area contributed by atoms with Gasteiger partial charge < -0.3 is 11.1 Å². The number of halogens is 4. The molecule has 1 saturated carbocycles. The fourth-order valence-electron chi connectivity index (χ4n) is 2.04. The van der Waals surface area contributed by atoms with Gasteiger partial charge in [-0.2, -0.15) is 13.2 Å². The molecular weight excluding hydrogens is 299 g/mol. The summed E-state index contributed by atoms with van der Waals surface area (Å²) in [4.78, 5) is 3.79. The quantitative estimate of drug-likeness (QED) is 0.898. The number of rotatable bonds is 4. The van der Waals surface area contributed by atoms with Crippen molar-refractivity contribution in [1.29, 1.82) is 0 Å². The van der Waals surface area contributed by atoms with Crippen LogP contribution in [0, 0.1) is 6.92 Å². The SMILES string of the molecule is Cc1nc(C(F)(F)F)c(CNCC2(N)CCC2)s1.Cl. The Morgan fingerprint density at radius 1 is 1.42 bits per heavy atom. The first-order valence-corrected chi connectivity index (χ1v) is 6.65. The summed E-state index contributed by atoms with van der Waals surface area (Å²) in [6.07, 6.45) is -1.40. The summed E-state index contributed by atoms with van der Waals surface area (Å²) < 4.78 is 38.1.